The highest BCUT2D eigenvalue weighted by molar-refractivity contribution is 6.03. The maximum atomic E-state index is 13.4. The number of hydrogen-bond acceptors (Lipinski definition) is 5. The summed E-state index contributed by atoms with van der Waals surface area (Å²) in [6, 6.07) is 18.1. The van der Waals surface area contributed by atoms with Gasteiger partial charge in [-0.2, -0.15) is 0 Å². The monoisotopic (exact) mass is 354 g/mol. The third-order valence-electron chi connectivity index (χ3n) is 3.93. The molecule has 5 nitrogen and oxygen atoms in total. The molecule has 0 aliphatic heterocycles. The molecule has 0 aliphatic carbocycles. The van der Waals surface area contributed by atoms with Crippen molar-refractivity contribution >= 4 is 11.8 Å². The van der Waals surface area contributed by atoms with Crippen LogP contribution < -0.4 is 0 Å². The van der Waals surface area contributed by atoms with Crippen LogP contribution in [-0.4, -0.2) is 32.8 Å². The molecule has 0 unspecified atom stereocenters. The van der Waals surface area contributed by atoms with Crippen molar-refractivity contribution < 1.29 is 23.8 Å². The molecule has 0 N–H and O–H groups in total. The Bertz CT molecular complexity index is 740. The minimum Gasteiger partial charge on any atom is -0.466 e. The third-order valence-corrected chi connectivity index (χ3v) is 3.93. The van der Waals surface area contributed by atoms with Gasteiger partial charge in [0.05, 0.1) is 7.11 Å². The molecular weight excluding hydrogens is 332 g/mol. The number of carbonyl (C=O) groups is 2. The summed E-state index contributed by atoms with van der Waals surface area (Å²) in [6.45, 7) is -0.0699. The van der Waals surface area contributed by atoms with E-state index in [0.717, 1.165) is 0 Å². The van der Waals surface area contributed by atoms with E-state index < -0.39 is 11.6 Å². The first-order valence-electron chi connectivity index (χ1n) is 8.17. The van der Waals surface area contributed by atoms with Crippen LogP contribution in [0.3, 0.4) is 0 Å². The van der Waals surface area contributed by atoms with Crippen molar-refractivity contribution in [3.8, 4) is 0 Å². The number of hydrogen-bond donors (Lipinski definition) is 0. The number of carbonyl (C=O) groups excluding carboxylic acids is 2. The van der Waals surface area contributed by atoms with Gasteiger partial charge in [0.2, 0.25) is 0 Å². The SMILES string of the molecule is COCO[C@@](C/C=C/C(=O)OC)(C(=O)c1ccccc1)c1ccccc1. The van der Waals surface area contributed by atoms with Gasteiger partial charge in [0.15, 0.2) is 11.4 Å². The Labute approximate surface area is 153 Å². The molecule has 1 atom stereocenters. The van der Waals surface area contributed by atoms with Crippen LogP contribution in [0.2, 0.25) is 0 Å². The average Bonchev–Trinajstić information content (AvgIpc) is 2.71. The van der Waals surface area contributed by atoms with Crippen molar-refractivity contribution in [3.05, 3.63) is 83.9 Å². The predicted molar refractivity (Wildman–Crippen MR) is 97.6 cm³/mol. The van der Waals surface area contributed by atoms with Crippen LogP contribution >= 0.6 is 0 Å². The number of rotatable bonds is 9. The summed E-state index contributed by atoms with van der Waals surface area (Å²) < 4.78 is 15.6. The third kappa shape index (κ3) is 4.65. The van der Waals surface area contributed by atoms with Crippen LogP contribution in [0.25, 0.3) is 0 Å². The second-order valence-electron chi connectivity index (χ2n) is 5.57. The Kier molecular flexibility index (Phi) is 7.26. The quantitative estimate of drug-likeness (QED) is 0.298. The molecule has 0 aliphatic rings. The summed E-state index contributed by atoms with van der Waals surface area (Å²) in [4.78, 5) is 24.8. The van der Waals surface area contributed by atoms with Gasteiger partial charge in [-0.25, -0.2) is 4.79 Å². The van der Waals surface area contributed by atoms with Gasteiger partial charge >= 0.3 is 5.97 Å². The minimum absolute atomic E-state index is 0.0699. The lowest BCUT2D eigenvalue weighted by Crippen LogP contribution is -2.39. The molecule has 2 rings (SSSR count). The highest BCUT2D eigenvalue weighted by atomic mass is 16.7. The summed E-state index contributed by atoms with van der Waals surface area (Å²) in [5.74, 6) is -0.707. The molecule has 0 aromatic heterocycles. The molecule has 0 saturated heterocycles. The van der Waals surface area contributed by atoms with Crippen molar-refractivity contribution in [1.82, 2.24) is 0 Å². The summed E-state index contributed by atoms with van der Waals surface area (Å²) in [6.07, 6.45) is 3.02. The number of benzene rings is 2. The van der Waals surface area contributed by atoms with Gasteiger partial charge in [-0.3, -0.25) is 4.79 Å². The predicted octanol–water partition coefficient (Wildman–Crippen LogP) is 3.50. The van der Waals surface area contributed by atoms with Crippen molar-refractivity contribution in [1.29, 1.82) is 0 Å². The molecule has 0 saturated carbocycles. The second kappa shape index (κ2) is 9.65. The van der Waals surface area contributed by atoms with Gasteiger partial charge in [-0.1, -0.05) is 66.7 Å². The molecule has 26 heavy (non-hydrogen) atoms. The Morgan fingerprint density at radius 1 is 0.962 bits per heavy atom. The second-order valence-corrected chi connectivity index (χ2v) is 5.57. The molecule has 136 valence electrons. The summed E-state index contributed by atoms with van der Waals surface area (Å²) in [5.41, 5.74) is -0.122. The van der Waals surface area contributed by atoms with Crippen LogP contribution in [0.1, 0.15) is 22.3 Å². The fourth-order valence-corrected chi connectivity index (χ4v) is 2.63. The van der Waals surface area contributed by atoms with Crippen LogP contribution in [0.15, 0.2) is 72.8 Å². The van der Waals surface area contributed by atoms with Gasteiger partial charge in [0.25, 0.3) is 0 Å². The van der Waals surface area contributed by atoms with Gasteiger partial charge < -0.3 is 14.2 Å². The van der Waals surface area contributed by atoms with Gasteiger partial charge in [0, 0.05) is 25.2 Å². The van der Waals surface area contributed by atoms with Crippen molar-refractivity contribution in [2.45, 2.75) is 12.0 Å². The Morgan fingerprint density at radius 2 is 1.58 bits per heavy atom. The van der Waals surface area contributed by atoms with Crippen LogP contribution in [0.5, 0.6) is 0 Å². The van der Waals surface area contributed by atoms with E-state index in [1.54, 1.807) is 30.3 Å². The molecule has 0 heterocycles. The fraction of sp³-hybridized carbons (Fsp3) is 0.238. The number of ketones is 1. The van der Waals surface area contributed by atoms with E-state index in [4.69, 9.17) is 9.47 Å². The summed E-state index contributed by atoms with van der Waals surface area (Å²) in [7, 11) is 2.79. The average molecular weight is 354 g/mol. The zero-order valence-corrected chi connectivity index (χ0v) is 14.9. The topological polar surface area (TPSA) is 61.8 Å². The van der Waals surface area contributed by atoms with E-state index in [0.29, 0.717) is 11.1 Å². The molecular formula is C21H22O5. The molecule has 0 amide bonds. The first kappa shape index (κ1) is 19.6. The van der Waals surface area contributed by atoms with Crippen LogP contribution in [-0.2, 0) is 24.6 Å². The molecule has 0 bridgehead atoms. The zero-order valence-electron chi connectivity index (χ0n) is 14.9. The Balaban J connectivity index is 2.50. The molecule has 2 aromatic carbocycles. The van der Waals surface area contributed by atoms with E-state index in [2.05, 4.69) is 4.74 Å². The van der Waals surface area contributed by atoms with Gasteiger partial charge in [-0.15, -0.1) is 0 Å². The fourth-order valence-electron chi connectivity index (χ4n) is 2.63. The normalized spacial score (nSPS) is 13.3. The largest absolute Gasteiger partial charge is 0.466 e. The Hall–Kier alpha value is -2.76. The van der Waals surface area contributed by atoms with Gasteiger partial charge in [0.1, 0.15) is 6.79 Å². The highest BCUT2D eigenvalue weighted by Gasteiger charge is 2.41. The van der Waals surface area contributed by atoms with Crippen molar-refractivity contribution in [2.75, 3.05) is 21.0 Å². The molecule has 5 heteroatoms. The van der Waals surface area contributed by atoms with E-state index in [-0.39, 0.29) is 19.0 Å². The van der Waals surface area contributed by atoms with Crippen molar-refractivity contribution in [3.63, 3.8) is 0 Å². The summed E-state index contributed by atoms with van der Waals surface area (Å²) >= 11 is 0. The van der Waals surface area contributed by atoms with E-state index >= 15 is 0 Å². The lowest BCUT2D eigenvalue weighted by Gasteiger charge is -2.32. The lowest BCUT2D eigenvalue weighted by molar-refractivity contribution is -0.134. The van der Waals surface area contributed by atoms with Crippen LogP contribution in [0, 0.1) is 0 Å². The number of Topliss-reactive ketones (excluding diaryl/α,β-unsaturated/α-hetero) is 1. The number of methoxy groups -OCH3 is 2. The number of esters is 1. The molecule has 0 fully saturated rings. The van der Waals surface area contributed by atoms with E-state index in [1.165, 1.54) is 20.3 Å². The smallest absolute Gasteiger partial charge is 0.330 e. The van der Waals surface area contributed by atoms with Crippen molar-refractivity contribution in [2.24, 2.45) is 0 Å². The van der Waals surface area contributed by atoms with Crippen LogP contribution in [0.4, 0.5) is 0 Å². The Morgan fingerprint density at radius 3 is 2.15 bits per heavy atom. The lowest BCUT2D eigenvalue weighted by atomic mass is 9.82. The maximum absolute atomic E-state index is 13.4. The zero-order chi connectivity index (χ0) is 18.8. The van der Waals surface area contributed by atoms with E-state index in [1.807, 2.05) is 36.4 Å². The standard InChI is InChI=1S/C21H22O5/c1-24-16-26-21(15-9-14-19(22)25-2,18-12-7-4-8-13-18)20(23)17-10-5-3-6-11-17/h3-14H,15-16H2,1-2H3/b14-9+/t21-/m1/s1. The molecule has 2 aromatic rings. The minimum atomic E-state index is -1.32. The van der Waals surface area contributed by atoms with Gasteiger partial charge in [-0.05, 0) is 5.56 Å². The number of ether oxygens (including phenoxy) is 3. The first-order valence-corrected chi connectivity index (χ1v) is 8.17. The molecule has 0 spiro atoms. The first-order chi connectivity index (χ1) is 12.6. The molecule has 0 radical (unpaired) electrons. The maximum Gasteiger partial charge on any atom is 0.330 e. The highest BCUT2D eigenvalue weighted by Crippen LogP contribution is 2.34. The van der Waals surface area contributed by atoms with E-state index in [9.17, 15) is 9.59 Å². The summed E-state index contributed by atoms with van der Waals surface area (Å²) in [5, 5.41) is 0.